The van der Waals surface area contributed by atoms with Gasteiger partial charge in [-0.25, -0.2) is 0 Å². The highest BCUT2D eigenvalue weighted by atomic mass is 16.5. The van der Waals surface area contributed by atoms with Crippen molar-refractivity contribution in [1.29, 1.82) is 0 Å². The minimum Gasteiger partial charge on any atom is -0.364 e. The lowest BCUT2D eigenvalue weighted by Gasteiger charge is -2.12. The molecule has 3 nitrogen and oxygen atoms in total. The molecule has 1 N–H and O–H groups in total. The van der Waals surface area contributed by atoms with Crippen LogP contribution in [0.2, 0.25) is 0 Å². The van der Waals surface area contributed by atoms with Crippen molar-refractivity contribution in [2.24, 2.45) is 0 Å². The molecule has 0 heterocycles. The van der Waals surface area contributed by atoms with Gasteiger partial charge in [-0.05, 0) is 27.7 Å². The molecule has 66 valence electrons. The molecular formula is C8H17NO2. The Labute approximate surface area is 68.1 Å². The smallest absolute Gasteiger partial charge is 0.146 e. The normalized spacial score (nSPS) is 13.5. The van der Waals surface area contributed by atoms with Gasteiger partial charge in [0, 0.05) is 0 Å². The number of ether oxygens (including phenoxy) is 1. The van der Waals surface area contributed by atoms with Gasteiger partial charge in [0.05, 0.1) is 18.9 Å². The maximum absolute atomic E-state index is 10.7. The van der Waals surface area contributed by atoms with Crippen LogP contribution < -0.4 is 5.32 Å². The van der Waals surface area contributed by atoms with Gasteiger partial charge in [0.15, 0.2) is 0 Å². The van der Waals surface area contributed by atoms with Gasteiger partial charge in [0.25, 0.3) is 0 Å². The predicted octanol–water partition coefficient (Wildman–Crippen LogP) is 0.936. The van der Waals surface area contributed by atoms with Crippen LogP contribution in [0.15, 0.2) is 0 Å². The zero-order valence-electron chi connectivity index (χ0n) is 7.68. The van der Waals surface area contributed by atoms with Crippen molar-refractivity contribution < 1.29 is 9.53 Å². The van der Waals surface area contributed by atoms with Crippen molar-refractivity contribution in [2.75, 3.05) is 6.73 Å². The molecule has 0 aromatic carbocycles. The molecule has 0 rings (SSSR count). The topological polar surface area (TPSA) is 38.3 Å². The second kappa shape index (κ2) is 5.27. The molecule has 1 atom stereocenters. The standard InChI is InChI=1S/C8H17NO2/c1-6(2)11-5-9-7(3)8(4)10/h6-7,9H,5H2,1-4H3. The van der Waals surface area contributed by atoms with E-state index in [9.17, 15) is 4.79 Å². The third kappa shape index (κ3) is 6.01. The Balaban J connectivity index is 3.31. The van der Waals surface area contributed by atoms with E-state index < -0.39 is 0 Å². The van der Waals surface area contributed by atoms with E-state index in [1.165, 1.54) is 0 Å². The second-order valence-corrected chi connectivity index (χ2v) is 2.90. The molecule has 0 aromatic heterocycles. The third-order valence-electron chi connectivity index (χ3n) is 1.42. The van der Waals surface area contributed by atoms with Crippen LogP contribution in [0.1, 0.15) is 27.7 Å². The summed E-state index contributed by atoms with van der Waals surface area (Å²) in [6.07, 6.45) is 0.210. The van der Waals surface area contributed by atoms with Gasteiger partial charge in [-0.1, -0.05) is 0 Å². The van der Waals surface area contributed by atoms with E-state index in [4.69, 9.17) is 4.74 Å². The second-order valence-electron chi connectivity index (χ2n) is 2.90. The summed E-state index contributed by atoms with van der Waals surface area (Å²) in [6.45, 7) is 7.75. The van der Waals surface area contributed by atoms with Crippen LogP contribution in [0.25, 0.3) is 0 Å². The van der Waals surface area contributed by atoms with E-state index in [1.807, 2.05) is 20.8 Å². The fourth-order valence-electron chi connectivity index (χ4n) is 0.484. The summed E-state index contributed by atoms with van der Waals surface area (Å²) >= 11 is 0. The van der Waals surface area contributed by atoms with Gasteiger partial charge in [-0.3, -0.25) is 10.1 Å². The maximum Gasteiger partial charge on any atom is 0.146 e. The van der Waals surface area contributed by atoms with E-state index in [1.54, 1.807) is 6.92 Å². The van der Waals surface area contributed by atoms with Crippen LogP contribution in [-0.4, -0.2) is 24.7 Å². The summed E-state index contributed by atoms with van der Waals surface area (Å²) in [7, 11) is 0. The number of ketones is 1. The molecule has 0 spiro atoms. The Bertz CT molecular complexity index is 123. The molecule has 0 aliphatic carbocycles. The lowest BCUT2D eigenvalue weighted by molar-refractivity contribution is -0.119. The van der Waals surface area contributed by atoms with Crippen LogP contribution in [0.4, 0.5) is 0 Å². The fourth-order valence-corrected chi connectivity index (χ4v) is 0.484. The molecule has 0 aliphatic heterocycles. The number of rotatable bonds is 5. The number of nitrogens with one attached hydrogen (secondary N) is 1. The summed E-state index contributed by atoms with van der Waals surface area (Å²) in [5, 5.41) is 2.94. The highest BCUT2D eigenvalue weighted by molar-refractivity contribution is 5.80. The average Bonchev–Trinajstić information content (AvgIpc) is 1.86. The Morgan fingerprint density at radius 3 is 2.36 bits per heavy atom. The molecule has 3 heteroatoms. The Kier molecular flexibility index (Phi) is 5.07. The van der Waals surface area contributed by atoms with Gasteiger partial charge in [-0.2, -0.15) is 0 Å². The van der Waals surface area contributed by atoms with Gasteiger partial charge in [0.2, 0.25) is 0 Å². The lowest BCUT2D eigenvalue weighted by Crippen LogP contribution is -2.34. The first-order chi connectivity index (χ1) is 5.04. The molecule has 0 amide bonds. The largest absolute Gasteiger partial charge is 0.364 e. The number of carbonyl (C=O) groups excluding carboxylic acids is 1. The molecule has 0 aromatic rings. The summed E-state index contributed by atoms with van der Waals surface area (Å²) in [5.41, 5.74) is 0. The van der Waals surface area contributed by atoms with E-state index in [-0.39, 0.29) is 17.9 Å². The molecule has 0 aliphatic rings. The van der Waals surface area contributed by atoms with Crippen molar-refractivity contribution >= 4 is 5.78 Å². The first-order valence-corrected chi connectivity index (χ1v) is 3.89. The first kappa shape index (κ1) is 10.6. The summed E-state index contributed by atoms with van der Waals surface area (Å²) in [4.78, 5) is 10.7. The van der Waals surface area contributed by atoms with Crippen LogP contribution in [0.3, 0.4) is 0 Å². The van der Waals surface area contributed by atoms with Gasteiger partial charge in [0.1, 0.15) is 5.78 Å². The van der Waals surface area contributed by atoms with Crippen LogP contribution in [0.5, 0.6) is 0 Å². The quantitative estimate of drug-likeness (QED) is 0.607. The van der Waals surface area contributed by atoms with Gasteiger partial charge < -0.3 is 4.74 Å². The van der Waals surface area contributed by atoms with Crippen molar-refractivity contribution in [3.8, 4) is 0 Å². The highest BCUT2D eigenvalue weighted by Gasteiger charge is 2.05. The molecule has 0 saturated heterocycles. The molecule has 1 unspecified atom stereocenters. The predicted molar refractivity (Wildman–Crippen MR) is 44.4 cm³/mol. The van der Waals surface area contributed by atoms with Crippen molar-refractivity contribution in [3.05, 3.63) is 0 Å². The van der Waals surface area contributed by atoms with Crippen molar-refractivity contribution in [2.45, 2.75) is 39.8 Å². The first-order valence-electron chi connectivity index (χ1n) is 3.89. The molecular weight excluding hydrogens is 142 g/mol. The Morgan fingerprint density at radius 1 is 1.45 bits per heavy atom. The van der Waals surface area contributed by atoms with Crippen LogP contribution in [-0.2, 0) is 9.53 Å². The maximum atomic E-state index is 10.7. The van der Waals surface area contributed by atoms with Crippen molar-refractivity contribution in [3.63, 3.8) is 0 Å². The Hall–Kier alpha value is -0.410. The Morgan fingerprint density at radius 2 is 2.00 bits per heavy atom. The third-order valence-corrected chi connectivity index (χ3v) is 1.42. The number of hydrogen-bond donors (Lipinski definition) is 1. The fraction of sp³-hybridized carbons (Fsp3) is 0.875. The van der Waals surface area contributed by atoms with Gasteiger partial charge in [-0.15, -0.1) is 0 Å². The summed E-state index contributed by atoms with van der Waals surface area (Å²) < 4.78 is 5.20. The average molecular weight is 159 g/mol. The minimum atomic E-state index is -0.103. The zero-order chi connectivity index (χ0) is 8.85. The molecule has 0 bridgehead atoms. The lowest BCUT2D eigenvalue weighted by atomic mass is 10.2. The van der Waals surface area contributed by atoms with E-state index >= 15 is 0 Å². The van der Waals surface area contributed by atoms with E-state index in [0.29, 0.717) is 6.73 Å². The van der Waals surface area contributed by atoms with Crippen molar-refractivity contribution in [1.82, 2.24) is 5.32 Å². The number of Topliss-reactive ketones (excluding diaryl/α,β-unsaturated/α-hetero) is 1. The molecule has 11 heavy (non-hydrogen) atoms. The van der Waals surface area contributed by atoms with E-state index in [0.717, 1.165) is 0 Å². The van der Waals surface area contributed by atoms with Crippen LogP contribution in [0, 0.1) is 0 Å². The highest BCUT2D eigenvalue weighted by Crippen LogP contribution is 1.87. The SMILES string of the molecule is CC(=O)C(C)NCOC(C)C. The molecule has 0 saturated carbocycles. The minimum absolute atomic E-state index is 0.103. The zero-order valence-corrected chi connectivity index (χ0v) is 7.68. The summed E-state index contributed by atoms with van der Waals surface area (Å²) in [6, 6.07) is -0.103. The molecule has 0 fully saturated rings. The van der Waals surface area contributed by atoms with Crippen LogP contribution >= 0.6 is 0 Å². The number of carbonyl (C=O) groups is 1. The van der Waals surface area contributed by atoms with E-state index in [2.05, 4.69) is 5.32 Å². The monoisotopic (exact) mass is 159 g/mol. The number of hydrogen-bond acceptors (Lipinski definition) is 3. The molecule has 0 radical (unpaired) electrons. The summed E-state index contributed by atoms with van der Waals surface area (Å²) in [5.74, 6) is 0.136. The van der Waals surface area contributed by atoms with Gasteiger partial charge >= 0.3 is 0 Å².